The van der Waals surface area contributed by atoms with Crippen molar-refractivity contribution in [3.8, 4) is 0 Å². The topological polar surface area (TPSA) is 36.4 Å². The quantitative estimate of drug-likeness (QED) is 0.685. The number of carbonyl (C=O) groups is 1. The van der Waals surface area contributed by atoms with E-state index in [2.05, 4.69) is 9.88 Å². The van der Waals surface area contributed by atoms with Gasteiger partial charge < -0.3 is 9.80 Å². The van der Waals surface area contributed by atoms with Gasteiger partial charge in [0.1, 0.15) is 5.82 Å². The van der Waals surface area contributed by atoms with Gasteiger partial charge in [-0.2, -0.15) is 0 Å². The average Bonchev–Trinajstić information content (AvgIpc) is 2.67. The van der Waals surface area contributed by atoms with E-state index in [1.807, 2.05) is 24.3 Å². The van der Waals surface area contributed by atoms with Gasteiger partial charge in [0.05, 0.1) is 11.1 Å². The molecule has 26 heavy (non-hydrogen) atoms. The summed E-state index contributed by atoms with van der Waals surface area (Å²) < 4.78 is 13.9. The molecule has 0 atom stereocenters. The number of piperazine rings is 1. The van der Waals surface area contributed by atoms with Gasteiger partial charge in [-0.25, -0.2) is 4.39 Å². The van der Waals surface area contributed by atoms with Gasteiger partial charge in [-0.3, -0.25) is 9.78 Å². The van der Waals surface area contributed by atoms with E-state index in [-0.39, 0.29) is 11.5 Å². The number of rotatable bonds is 2. The minimum atomic E-state index is -0.475. The van der Waals surface area contributed by atoms with Gasteiger partial charge in [0.15, 0.2) is 0 Å². The Balaban J connectivity index is 1.52. The van der Waals surface area contributed by atoms with E-state index in [0.717, 1.165) is 16.6 Å². The van der Waals surface area contributed by atoms with Gasteiger partial charge in [-0.05, 0) is 36.4 Å². The number of hydrogen-bond donors (Lipinski definition) is 0. The summed E-state index contributed by atoms with van der Waals surface area (Å²) >= 11 is 6.05. The molecular formula is C20H17ClFN3O. The summed E-state index contributed by atoms with van der Waals surface area (Å²) in [6.45, 7) is 2.46. The summed E-state index contributed by atoms with van der Waals surface area (Å²) in [5.41, 5.74) is 2.05. The third-order valence-electron chi connectivity index (χ3n) is 4.69. The van der Waals surface area contributed by atoms with Crippen molar-refractivity contribution in [1.82, 2.24) is 9.88 Å². The van der Waals surface area contributed by atoms with Gasteiger partial charge in [0.2, 0.25) is 0 Å². The number of fused-ring (bicyclic) bond motifs is 1. The van der Waals surface area contributed by atoms with E-state index in [0.29, 0.717) is 31.2 Å². The Bertz CT molecular complexity index is 970. The van der Waals surface area contributed by atoms with Crippen LogP contribution in [0.15, 0.2) is 54.7 Å². The minimum Gasteiger partial charge on any atom is -0.367 e. The van der Waals surface area contributed by atoms with Crippen LogP contribution in [0, 0.1) is 5.82 Å². The Hall–Kier alpha value is -2.66. The van der Waals surface area contributed by atoms with Crippen LogP contribution in [-0.4, -0.2) is 42.0 Å². The lowest BCUT2D eigenvalue weighted by Crippen LogP contribution is -2.49. The van der Waals surface area contributed by atoms with Crippen LogP contribution in [0.4, 0.5) is 10.1 Å². The number of aromatic nitrogens is 1. The molecule has 4 rings (SSSR count). The van der Waals surface area contributed by atoms with E-state index in [1.165, 1.54) is 12.1 Å². The van der Waals surface area contributed by atoms with Crippen LogP contribution in [0.25, 0.3) is 10.9 Å². The highest BCUT2D eigenvalue weighted by Gasteiger charge is 2.24. The number of amides is 1. The fraction of sp³-hybridized carbons (Fsp3) is 0.200. The lowest BCUT2D eigenvalue weighted by atomic mass is 10.1. The molecule has 1 amide bonds. The molecule has 6 heteroatoms. The van der Waals surface area contributed by atoms with Crippen molar-refractivity contribution in [3.05, 3.63) is 71.1 Å². The Morgan fingerprint density at radius 3 is 2.58 bits per heavy atom. The monoisotopic (exact) mass is 369 g/mol. The summed E-state index contributed by atoms with van der Waals surface area (Å²) in [4.78, 5) is 20.9. The molecule has 1 fully saturated rings. The van der Waals surface area contributed by atoms with Gasteiger partial charge in [-0.15, -0.1) is 0 Å². The lowest BCUT2D eigenvalue weighted by molar-refractivity contribution is 0.0742. The van der Waals surface area contributed by atoms with Crippen molar-refractivity contribution in [1.29, 1.82) is 0 Å². The number of carbonyl (C=O) groups excluding carboxylic acids is 1. The number of nitrogens with zero attached hydrogens (tertiary/aromatic N) is 3. The molecule has 3 aromatic rings. The standard InChI is InChI=1S/C20H17ClFN3O/c21-14-5-6-16-18(13-14)23-8-7-19(16)24-9-11-25(12-10-24)20(26)15-3-1-2-4-17(15)22/h1-8,13H,9-12H2. The van der Waals surface area contributed by atoms with Crippen LogP contribution >= 0.6 is 11.6 Å². The summed E-state index contributed by atoms with van der Waals surface area (Å²) in [6, 6.07) is 13.8. The first-order valence-electron chi connectivity index (χ1n) is 8.46. The van der Waals surface area contributed by atoms with E-state index in [1.54, 1.807) is 23.2 Å². The molecule has 0 radical (unpaired) electrons. The van der Waals surface area contributed by atoms with Crippen LogP contribution in [0.5, 0.6) is 0 Å². The lowest BCUT2D eigenvalue weighted by Gasteiger charge is -2.36. The Kier molecular flexibility index (Phi) is 4.47. The Labute approximate surface area is 155 Å². The molecule has 0 spiro atoms. The van der Waals surface area contributed by atoms with Crippen LogP contribution < -0.4 is 4.90 Å². The molecule has 0 N–H and O–H groups in total. The van der Waals surface area contributed by atoms with Crippen LogP contribution in [0.3, 0.4) is 0 Å². The smallest absolute Gasteiger partial charge is 0.256 e. The van der Waals surface area contributed by atoms with E-state index >= 15 is 0 Å². The zero-order valence-corrected chi connectivity index (χ0v) is 14.8. The maximum absolute atomic E-state index is 13.9. The molecule has 0 saturated carbocycles. The second-order valence-corrected chi connectivity index (χ2v) is 6.69. The number of anilines is 1. The van der Waals surface area contributed by atoms with E-state index in [4.69, 9.17) is 11.6 Å². The zero-order valence-electron chi connectivity index (χ0n) is 14.0. The molecular weight excluding hydrogens is 353 g/mol. The van der Waals surface area contributed by atoms with Crippen molar-refractivity contribution in [2.45, 2.75) is 0 Å². The molecule has 2 heterocycles. The second-order valence-electron chi connectivity index (χ2n) is 6.25. The highest BCUT2D eigenvalue weighted by Crippen LogP contribution is 2.28. The highest BCUT2D eigenvalue weighted by atomic mass is 35.5. The summed E-state index contributed by atoms with van der Waals surface area (Å²) in [7, 11) is 0. The first-order valence-corrected chi connectivity index (χ1v) is 8.84. The van der Waals surface area contributed by atoms with Crippen molar-refractivity contribution in [3.63, 3.8) is 0 Å². The Morgan fingerprint density at radius 2 is 1.81 bits per heavy atom. The van der Waals surface area contributed by atoms with Crippen molar-refractivity contribution in [2.24, 2.45) is 0 Å². The first kappa shape index (κ1) is 16.8. The van der Waals surface area contributed by atoms with Crippen molar-refractivity contribution in [2.75, 3.05) is 31.1 Å². The molecule has 0 unspecified atom stereocenters. The average molecular weight is 370 g/mol. The SMILES string of the molecule is O=C(c1ccccc1F)N1CCN(c2ccnc3cc(Cl)ccc23)CC1. The molecule has 4 nitrogen and oxygen atoms in total. The predicted molar refractivity (Wildman–Crippen MR) is 101 cm³/mol. The fourth-order valence-corrected chi connectivity index (χ4v) is 3.50. The molecule has 132 valence electrons. The zero-order chi connectivity index (χ0) is 18.1. The Morgan fingerprint density at radius 1 is 1.04 bits per heavy atom. The predicted octanol–water partition coefficient (Wildman–Crippen LogP) is 3.99. The van der Waals surface area contributed by atoms with Gasteiger partial charge in [0.25, 0.3) is 5.91 Å². The molecule has 0 aliphatic carbocycles. The molecule has 2 aromatic carbocycles. The largest absolute Gasteiger partial charge is 0.367 e. The molecule has 1 aliphatic rings. The second kappa shape index (κ2) is 6.92. The van der Waals surface area contributed by atoms with E-state index in [9.17, 15) is 9.18 Å². The third-order valence-corrected chi connectivity index (χ3v) is 4.93. The van der Waals surface area contributed by atoms with Gasteiger partial charge in [0, 0.05) is 48.5 Å². The fourth-order valence-electron chi connectivity index (χ4n) is 3.34. The maximum Gasteiger partial charge on any atom is 0.256 e. The minimum absolute atomic E-state index is 0.130. The summed E-state index contributed by atoms with van der Waals surface area (Å²) in [5.74, 6) is -0.731. The third kappa shape index (κ3) is 3.10. The highest BCUT2D eigenvalue weighted by molar-refractivity contribution is 6.31. The van der Waals surface area contributed by atoms with E-state index < -0.39 is 5.82 Å². The van der Waals surface area contributed by atoms with Crippen LogP contribution in [-0.2, 0) is 0 Å². The van der Waals surface area contributed by atoms with Crippen molar-refractivity contribution >= 4 is 34.1 Å². The molecule has 0 bridgehead atoms. The number of pyridine rings is 1. The normalized spacial score (nSPS) is 14.7. The first-order chi connectivity index (χ1) is 12.6. The van der Waals surface area contributed by atoms with Crippen molar-refractivity contribution < 1.29 is 9.18 Å². The van der Waals surface area contributed by atoms with Gasteiger partial charge >= 0.3 is 0 Å². The maximum atomic E-state index is 13.9. The van der Waals surface area contributed by atoms with Crippen LogP contribution in [0.2, 0.25) is 5.02 Å². The molecule has 1 saturated heterocycles. The summed E-state index contributed by atoms with van der Waals surface area (Å²) in [5, 5.41) is 1.69. The molecule has 1 aliphatic heterocycles. The molecule has 1 aromatic heterocycles. The summed E-state index contributed by atoms with van der Waals surface area (Å²) in [6.07, 6.45) is 1.77. The number of halogens is 2. The van der Waals surface area contributed by atoms with Crippen LogP contribution in [0.1, 0.15) is 10.4 Å². The number of benzene rings is 2. The van der Waals surface area contributed by atoms with Gasteiger partial charge in [-0.1, -0.05) is 23.7 Å². The number of hydrogen-bond acceptors (Lipinski definition) is 3.